The van der Waals surface area contributed by atoms with Crippen molar-refractivity contribution in [2.75, 3.05) is 5.32 Å². The van der Waals surface area contributed by atoms with Gasteiger partial charge in [0.15, 0.2) is 5.03 Å². The van der Waals surface area contributed by atoms with E-state index in [2.05, 4.69) is 15.3 Å². The van der Waals surface area contributed by atoms with Gasteiger partial charge in [0.25, 0.3) is 0 Å². The molecule has 10 heteroatoms. The second-order valence-electron chi connectivity index (χ2n) is 3.90. The number of nitro groups is 1. The Morgan fingerprint density at radius 2 is 2.09 bits per heavy atom. The third-order valence-corrected chi connectivity index (χ3v) is 3.09. The molecule has 0 saturated heterocycles. The van der Waals surface area contributed by atoms with Gasteiger partial charge in [-0.2, -0.15) is 10.2 Å². The predicted molar refractivity (Wildman–Crippen MR) is 78.4 cm³/mol. The second-order valence-corrected chi connectivity index (χ2v) is 4.67. The molecule has 110 valence electrons. The smallest absolute Gasteiger partial charge is 0.320 e. The number of rotatable bonds is 5. The summed E-state index contributed by atoms with van der Waals surface area (Å²) in [5.74, 6) is -0.457. The zero-order valence-electron chi connectivity index (χ0n) is 10.9. The average Bonchev–Trinajstić information content (AvgIpc) is 2.48. The van der Waals surface area contributed by atoms with Gasteiger partial charge in [0, 0.05) is 23.0 Å². The molecule has 0 saturated carbocycles. The number of nitrogens with one attached hydrogen (secondary N) is 1. The van der Waals surface area contributed by atoms with Gasteiger partial charge in [-0.3, -0.25) is 14.9 Å². The molecule has 2 rings (SSSR count). The van der Waals surface area contributed by atoms with Crippen LogP contribution in [0, 0.1) is 20.8 Å². The largest absolute Gasteiger partial charge is 0.366 e. The second kappa shape index (κ2) is 6.51. The van der Waals surface area contributed by atoms with Gasteiger partial charge in [0.1, 0.15) is 11.6 Å². The molecule has 3 N–H and O–H groups in total. The summed E-state index contributed by atoms with van der Waals surface area (Å²) in [5, 5.41) is 24.0. The molecule has 9 nitrogen and oxygen atoms in total. The standard InChI is InChI=1S/C12H8N6O3S/c13-6-22-11-9(18(20)21)5-15-12(17-11)16-8-3-1-7(2-4-8)10(14)19/h1-5H,(H2,14,19)(H,15,16,17). The number of amides is 1. The molecule has 0 spiro atoms. The molecule has 1 aromatic carbocycles. The van der Waals surface area contributed by atoms with E-state index >= 15 is 0 Å². The minimum absolute atomic E-state index is 0.0567. The van der Waals surface area contributed by atoms with Crippen molar-refractivity contribution < 1.29 is 9.72 Å². The van der Waals surface area contributed by atoms with Crippen LogP contribution in [0.3, 0.4) is 0 Å². The van der Waals surface area contributed by atoms with Crippen LogP contribution in [0.15, 0.2) is 35.5 Å². The van der Waals surface area contributed by atoms with Crippen LogP contribution in [0.1, 0.15) is 10.4 Å². The highest BCUT2D eigenvalue weighted by Gasteiger charge is 2.18. The molecule has 0 unspecified atom stereocenters. The minimum Gasteiger partial charge on any atom is -0.366 e. The molecule has 0 fully saturated rings. The van der Waals surface area contributed by atoms with Gasteiger partial charge in [-0.25, -0.2) is 4.98 Å². The molecule has 1 aromatic heterocycles. The summed E-state index contributed by atoms with van der Waals surface area (Å²) in [6.45, 7) is 0. The summed E-state index contributed by atoms with van der Waals surface area (Å²) < 4.78 is 0. The van der Waals surface area contributed by atoms with Gasteiger partial charge in [0.05, 0.1) is 4.92 Å². The van der Waals surface area contributed by atoms with Gasteiger partial charge >= 0.3 is 5.69 Å². The van der Waals surface area contributed by atoms with E-state index in [1.807, 2.05) is 0 Å². The van der Waals surface area contributed by atoms with Crippen LogP contribution in [0.4, 0.5) is 17.3 Å². The van der Waals surface area contributed by atoms with Crippen molar-refractivity contribution in [3.8, 4) is 5.40 Å². The number of anilines is 2. The van der Waals surface area contributed by atoms with E-state index < -0.39 is 10.8 Å². The summed E-state index contributed by atoms with van der Waals surface area (Å²) in [5.41, 5.74) is 5.69. The van der Waals surface area contributed by atoms with E-state index in [1.165, 1.54) is 12.1 Å². The third kappa shape index (κ3) is 3.47. The molecule has 2 aromatic rings. The Morgan fingerprint density at radius 3 is 2.64 bits per heavy atom. The summed E-state index contributed by atoms with van der Waals surface area (Å²) >= 11 is 0.573. The zero-order chi connectivity index (χ0) is 16.1. The number of thioether (sulfide) groups is 1. The lowest BCUT2D eigenvalue weighted by molar-refractivity contribution is -0.388. The first-order chi connectivity index (χ1) is 10.5. The fourth-order valence-corrected chi connectivity index (χ4v) is 1.96. The molecule has 1 amide bonds. The topological polar surface area (TPSA) is 148 Å². The minimum atomic E-state index is -0.662. The molecule has 0 aliphatic heterocycles. The zero-order valence-corrected chi connectivity index (χ0v) is 11.7. The number of carbonyl (C=O) groups excluding carboxylic acids is 1. The van der Waals surface area contributed by atoms with Crippen LogP contribution >= 0.6 is 11.8 Å². The normalized spacial score (nSPS) is 9.77. The summed E-state index contributed by atoms with van der Waals surface area (Å²) in [6, 6.07) is 6.20. The number of thiocyanates is 1. The van der Waals surface area contributed by atoms with Crippen molar-refractivity contribution in [3.05, 3.63) is 46.1 Å². The van der Waals surface area contributed by atoms with Gasteiger partial charge in [0.2, 0.25) is 11.9 Å². The maximum atomic E-state index is 11.0. The van der Waals surface area contributed by atoms with Gasteiger partial charge in [-0.15, -0.1) is 0 Å². The van der Waals surface area contributed by atoms with Crippen molar-refractivity contribution in [2.24, 2.45) is 5.73 Å². The number of carbonyl (C=O) groups is 1. The highest BCUT2D eigenvalue weighted by molar-refractivity contribution is 8.03. The Labute approximate surface area is 128 Å². The SMILES string of the molecule is N#CSc1nc(Nc2ccc(C(N)=O)cc2)ncc1[N+](=O)[O-]. The Kier molecular flexibility index (Phi) is 4.50. The number of nitrogens with two attached hydrogens (primary N) is 1. The summed E-state index contributed by atoms with van der Waals surface area (Å²) in [6.07, 6.45) is 1.02. The van der Waals surface area contributed by atoms with Gasteiger partial charge < -0.3 is 11.1 Å². The van der Waals surface area contributed by atoms with Crippen LogP contribution in [0.5, 0.6) is 0 Å². The van der Waals surface area contributed by atoms with Crippen molar-refractivity contribution in [2.45, 2.75) is 5.03 Å². The van der Waals surface area contributed by atoms with E-state index in [0.29, 0.717) is 23.0 Å². The average molecular weight is 316 g/mol. The molecule has 1 heterocycles. The molecule has 0 aliphatic rings. The maximum Gasteiger partial charge on any atom is 0.320 e. The number of hydrogen-bond acceptors (Lipinski definition) is 8. The highest BCUT2D eigenvalue weighted by Crippen LogP contribution is 2.27. The molecule has 0 radical (unpaired) electrons. The molecule has 0 bridgehead atoms. The Morgan fingerprint density at radius 1 is 1.41 bits per heavy atom. The van der Waals surface area contributed by atoms with Crippen molar-refractivity contribution in [1.82, 2.24) is 9.97 Å². The molecule has 22 heavy (non-hydrogen) atoms. The molecular weight excluding hydrogens is 308 g/mol. The number of hydrogen-bond donors (Lipinski definition) is 2. The van der Waals surface area contributed by atoms with Crippen LogP contribution in [-0.2, 0) is 0 Å². The van der Waals surface area contributed by atoms with Crippen LogP contribution in [-0.4, -0.2) is 20.8 Å². The number of nitriles is 1. The lowest BCUT2D eigenvalue weighted by Gasteiger charge is -2.06. The summed E-state index contributed by atoms with van der Waals surface area (Å²) in [7, 11) is 0. The Hall–Kier alpha value is -3.19. The fourth-order valence-electron chi connectivity index (χ4n) is 1.51. The van der Waals surface area contributed by atoms with Crippen molar-refractivity contribution in [3.63, 3.8) is 0 Å². The first-order valence-electron chi connectivity index (χ1n) is 5.75. The highest BCUT2D eigenvalue weighted by atomic mass is 32.2. The van der Waals surface area contributed by atoms with Crippen molar-refractivity contribution in [1.29, 1.82) is 5.26 Å². The third-order valence-electron chi connectivity index (χ3n) is 2.50. The number of primary amides is 1. The van der Waals surface area contributed by atoms with E-state index in [1.54, 1.807) is 17.5 Å². The first kappa shape index (κ1) is 15.2. The maximum absolute atomic E-state index is 11.0. The Balaban J connectivity index is 2.26. The number of nitrogens with zero attached hydrogens (tertiary/aromatic N) is 4. The number of benzene rings is 1. The lowest BCUT2D eigenvalue weighted by Crippen LogP contribution is -2.10. The van der Waals surface area contributed by atoms with Crippen LogP contribution in [0.2, 0.25) is 0 Å². The number of aromatic nitrogens is 2. The van der Waals surface area contributed by atoms with Crippen molar-refractivity contribution >= 4 is 35.0 Å². The van der Waals surface area contributed by atoms with Gasteiger partial charge in [-0.1, -0.05) is 0 Å². The Bertz CT molecular complexity index is 771. The van der Waals surface area contributed by atoms with Crippen LogP contribution in [0.25, 0.3) is 0 Å². The first-order valence-corrected chi connectivity index (χ1v) is 6.57. The van der Waals surface area contributed by atoms with E-state index in [-0.39, 0.29) is 16.7 Å². The monoisotopic (exact) mass is 316 g/mol. The lowest BCUT2D eigenvalue weighted by atomic mass is 10.2. The summed E-state index contributed by atoms with van der Waals surface area (Å²) in [4.78, 5) is 28.9. The van der Waals surface area contributed by atoms with Crippen LogP contribution < -0.4 is 11.1 Å². The van der Waals surface area contributed by atoms with E-state index in [4.69, 9.17) is 11.0 Å². The molecule has 0 atom stereocenters. The van der Waals surface area contributed by atoms with Gasteiger partial charge in [-0.05, 0) is 24.3 Å². The fraction of sp³-hybridized carbons (Fsp3) is 0. The quantitative estimate of drug-likeness (QED) is 0.279. The van der Waals surface area contributed by atoms with E-state index in [0.717, 1.165) is 6.20 Å². The predicted octanol–water partition coefficient (Wildman–Crippen LogP) is 1.80. The molecular formula is C12H8N6O3S. The molecule has 0 aliphatic carbocycles. The van der Waals surface area contributed by atoms with E-state index in [9.17, 15) is 14.9 Å².